The highest BCUT2D eigenvalue weighted by atomic mass is 127. The third-order valence-electron chi connectivity index (χ3n) is 6.57. The maximum Gasteiger partial charge on any atom is 0.275 e. The van der Waals surface area contributed by atoms with Gasteiger partial charge >= 0.3 is 0 Å². The molecule has 3 heterocycles. The van der Waals surface area contributed by atoms with Crippen molar-refractivity contribution in [3.63, 3.8) is 0 Å². The first-order chi connectivity index (χ1) is 16.6. The Morgan fingerprint density at radius 1 is 1.23 bits per heavy atom. The summed E-state index contributed by atoms with van der Waals surface area (Å²) in [7, 11) is 1.78. The Morgan fingerprint density at radius 2 is 1.86 bits per heavy atom. The third kappa shape index (κ3) is 3.92. The van der Waals surface area contributed by atoms with Crippen LogP contribution < -0.4 is 5.32 Å². The standard InChI is InChI=1S/C25H23FIN7O/c1-6-34-20(7-12(2)32-34)25(35)31-24-15-8-16(22(26)23(27)19(15)11-30-24)21-17(9-28)13(3)33(5)14(4)18(21)10-29/h7-8,21H,6,11H2,1-5H3,(H,30,31,35). The Hall–Kier alpha value is -3.51. The van der Waals surface area contributed by atoms with Crippen LogP contribution in [-0.4, -0.2) is 33.5 Å². The van der Waals surface area contributed by atoms with Crippen molar-refractivity contribution in [2.24, 2.45) is 4.99 Å². The van der Waals surface area contributed by atoms with E-state index in [9.17, 15) is 15.3 Å². The minimum atomic E-state index is -0.846. The molecule has 2 aliphatic heterocycles. The smallest absolute Gasteiger partial charge is 0.275 e. The maximum atomic E-state index is 15.7. The van der Waals surface area contributed by atoms with Crippen LogP contribution in [0.15, 0.2) is 39.7 Å². The van der Waals surface area contributed by atoms with Crippen molar-refractivity contribution < 1.29 is 9.18 Å². The monoisotopic (exact) mass is 583 g/mol. The quantitative estimate of drug-likeness (QED) is 0.543. The molecule has 0 fully saturated rings. The number of carbonyl (C=O) groups excluding carboxylic acids is 1. The predicted octanol–water partition coefficient (Wildman–Crippen LogP) is 4.27. The van der Waals surface area contributed by atoms with E-state index in [1.54, 1.807) is 42.6 Å². The Labute approximate surface area is 216 Å². The predicted molar refractivity (Wildman–Crippen MR) is 137 cm³/mol. The molecule has 8 nitrogen and oxygen atoms in total. The number of rotatable bonds is 3. The van der Waals surface area contributed by atoms with Crippen molar-refractivity contribution >= 4 is 34.3 Å². The summed E-state index contributed by atoms with van der Waals surface area (Å²) >= 11 is 1.93. The molecule has 4 rings (SSSR count). The number of hydrogen-bond donors (Lipinski definition) is 1. The Bertz CT molecular complexity index is 1410. The molecule has 0 saturated heterocycles. The van der Waals surface area contributed by atoms with Gasteiger partial charge in [0.25, 0.3) is 5.91 Å². The van der Waals surface area contributed by atoms with E-state index in [-0.39, 0.29) is 18.0 Å². The number of allylic oxidation sites excluding steroid dienone is 4. The third-order valence-corrected chi connectivity index (χ3v) is 7.69. The summed E-state index contributed by atoms with van der Waals surface area (Å²) in [5, 5.41) is 27.0. The number of aryl methyl sites for hydroxylation is 2. The zero-order valence-electron chi connectivity index (χ0n) is 20.0. The van der Waals surface area contributed by atoms with Gasteiger partial charge < -0.3 is 10.2 Å². The largest absolute Gasteiger partial charge is 0.350 e. The first-order valence-corrected chi connectivity index (χ1v) is 12.1. The second-order valence-electron chi connectivity index (χ2n) is 8.44. The fraction of sp³-hybridized carbons (Fsp3) is 0.320. The van der Waals surface area contributed by atoms with Crippen LogP contribution in [0.2, 0.25) is 0 Å². The van der Waals surface area contributed by atoms with E-state index in [4.69, 9.17) is 0 Å². The molecule has 1 N–H and O–H groups in total. The van der Waals surface area contributed by atoms with Gasteiger partial charge in [-0.1, -0.05) is 0 Å². The van der Waals surface area contributed by atoms with Crippen LogP contribution in [0.5, 0.6) is 0 Å². The molecule has 0 saturated carbocycles. The lowest BCUT2D eigenvalue weighted by atomic mass is 9.80. The van der Waals surface area contributed by atoms with Gasteiger partial charge in [0, 0.05) is 41.7 Å². The van der Waals surface area contributed by atoms with Crippen molar-refractivity contribution in [3.05, 3.63) is 72.1 Å². The second kappa shape index (κ2) is 9.27. The van der Waals surface area contributed by atoms with Gasteiger partial charge in [-0.05, 0) is 62.4 Å². The molecule has 1 aromatic carbocycles. The van der Waals surface area contributed by atoms with Crippen molar-refractivity contribution in [1.82, 2.24) is 20.0 Å². The zero-order chi connectivity index (χ0) is 25.6. The summed E-state index contributed by atoms with van der Waals surface area (Å²) in [6, 6.07) is 7.69. The number of amides is 1. The molecule has 178 valence electrons. The van der Waals surface area contributed by atoms with E-state index < -0.39 is 11.7 Å². The minimum Gasteiger partial charge on any atom is -0.350 e. The number of carbonyl (C=O) groups is 1. The zero-order valence-corrected chi connectivity index (χ0v) is 22.2. The highest BCUT2D eigenvalue weighted by Gasteiger charge is 2.36. The lowest BCUT2D eigenvalue weighted by Crippen LogP contribution is -2.32. The van der Waals surface area contributed by atoms with Crippen LogP contribution >= 0.6 is 22.6 Å². The molecule has 1 aromatic heterocycles. The number of nitriles is 2. The number of aromatic nitrogens is 2. The maximum absolute atomic E-state index is 15.7. The fourth-order valence-corrected chi connectivity index (χ4v) is 5.30. The minimum absolute atomic E-state index is 0.214. The SMILES string of the molecule is CCn1nc(C)cc1C(=O)NC1=NCc2c1cc(C1C(C#N)=C(C)N(C)C(C)=C1C#N)c(F)c2I. The van der Waals surface area contributed by atoms with Gasteiger partial charge in [0.15, 0.2) is 0 Å². The van der Waals surface area contributed by atoms with Gasteiger partial charge in [-0.2, -0.15) is 15.6 Å². The average molecular weight is 583 g/mol. The van der Waals surface area contributed by atoms with Crippen LogP contribution in [0, 0.1) is 39.0 Å². The van der Waals surface area contributed by atoms with Crippen LogP contribution in [0.25, 0.3) is 0 Å². The molecule has 35 heavy (non-hydrogen) atoms. The summed E-state index contributed by atoms with van der Waals surface area (Å²) < 4.78 is 17.7. The first-order valence-electron chi connectivity index (χ1n) is 11.0. The van der Waals surface area contributed by atoms with E-state index in [1.165, 1.54) is 0 Å². The molecule has 0 atom stereocenters. The summed E-state index contributed by atoms with van der Waals surface area (Å²) in [5.74, 6) is -1.36. The molecule has 2 aliphatic rings. The molecule has 1 amide bonds. The molecule has 0 spiro atoms. The molecule has 10 heteroatoms. The van der Waals surface area contributed by atoms with Gasteiger partial charge in [0.2, 0.25) is 0 Å². The number of halogens is 2. The molecule has 0 unspecified atom stereocenters. The molecule has 0 aliphatic carbocycles. The van der Waals surface area contributed by atoms with Crippen molar-refractivity contribution in [1.29, 1.82) is 10.5 Å². The van der Waals surface area contributed by atoms with E-state index in [2.05, 4.69) is 27.5 Å². The van der Waals surface area contributed by atoms with Crippen LogP contribution in [0.1, 0.15) is 59.6 Å². The number of hydrogen-bond acceptors (Lipinski definition) is 6. The first kappa shape index (κ1) is 24.6. The molecule has 2 aromatic rings. The van der Waals surface area contributed by atoms with Gasteiger partial charge in [-0.3, -0.25) is 14.5 Å². The van der Waals surface area contributed by atoms with E-state index in [1.807, 2.05) is 36.4 Å². The highest BCUT2D eigenvalue weighted by molar-refractivity contribution is 14.1. The Kier molecular flexibility index (Phi) is 6.52. The van der Waals surface area contributed by atoms with Gasteiger partial charge in [-0.25, -0.2) is 4.39 Å². The number of benzene rings is 1. The van der Waals surface area contributed by atoms with Gasteiger partial charge in [0.1, 0.15) is 17.3 Å². The van der Waals surface area contributed by atoms with Gasteiger partial charge in [0.05, 0.1) is 45.0 Å². The number of nitrogens with zero attached hydrogens (tertiary/aromatic N) is 6. The number of amidine groups is 1. The topological polar surface area (TPSA) is 110 Å². The summed E-state index contributed by atoms with van der Waals surface area (Å²) in [6.07, 6.45) is 0. The lowest BCUT2D eigenvalue weighted by Gasteiger charge is -2.33. The van der Waals surface area contributed by atoms with Crippen LogP contribution in [0.4, 0.5) is 4.39 Å². The summed E-state index contributed by atoms with van der Waals surface area (Å²) in [4.78, 5) is 19.3. The summed E-state index contributed by atoms with van der Waals surface area (Å²) in [5.41, 5.74) is 4.54. The number of nitrogens with one attached hydrogen (secondary N) is 1. The van der Waals surface area contributed by atoms with Crippen LogP contribution in [0.3, 0.4) is 0 Å². The van der Waals surface area contributed by atoms with Crippen molar-refractivity contribution in [2.45, 2.75) is 46.7 Å². The van der Waals surface area contributed by atoms with Gasteiger partial charge in [-0.15, -0.1) is 0 Å². The fourth-order valence-electron chi connectivity index (χ4n) is 4.53. The number of fused-ring (bicyclic) bond motifs is 1. The lowest BCUT2D eigenvalue weighted by molar-refractivity contribution is 0.0966. The molecule has 0 bridgehead atoms. The summed E-state index contributed by atoms with van der Waals surface area (Å²) in [6.45, 7) is 8.04. The molecular formula is C25H23FIN7O. The molecule has 0 radical (unpaired) electrons. The normalized spacial score (nSPS) is 15.7. The number of aliphatic imine (C=N–C) groups is 1. The van der Waals surface area contributed by atoms with E-state index in [0.29, 0.717) is 55.3 Å². The van der Waals surface area contributed by atoms with E-state index in [0.717, 1.165) is 5.69 Å². The van der Waals surface area contributed by atoms with Crippen molar-refractivity contribution in [2.75, 3.05) is 7.05 Å². The highest BCUT2D eigenvalue weighted by Crippen LogP contribution is 2.43. The molecular weight excluding hydrogens is 560 g/mol. The average Bonchev–Trinajstić information content (AvgIpc) is 3.42. The Morgan fingerprint density at radius 3 is 2.43 bits per heavy atom. The van der Waals surface area contributed by atoms with Crippen LogP contribution in [-0.2, 0) is 13.1 Å². The second-order valence-corrected chi connectivity index (χ2v) is 9.52. The Balaban J connectivity index is 1.81. The van der Waals surface area contributed by atoms with Crippen molar-refractivity contribution in [3.8, 4) is 12.1 Å². The van der Waals surface area contributed by atoms with E-state index >= 15 is 4.39 Å².